The minimum absolute atomic E-state index is 0.268. The van der Waals surface area contributed by atoms with E-state index in [-0.39, 0.29) is 11.5 Å². The second-order valence-electron chi connectivity index (χ2n) is 5.47. The molecule has 7 nitrogen and oxygen atoms in total. The second-order valence-corrected chi connectivity index (χ2v) is 5.47. The fourth-order valence-electron chi connectivity index (χ4n) is 2.69. The quantitative estimate of drug-likeness (QED) is 0.783. The van der Waals surface area contributed by atoms with E-state index in [1.54, 1.807) is 24.7 Å². The number of pyridine rings is 1. The molecule has 0 aromatic carbocycles. The van der Waals surface area contributed by atoms with Crippen LogP contribution in [-0.2, 0) is 0 Å². The van der Waals surface area contributed by atoms with Crippen molar-refractivity contribution in [2.75, 3.05) is 11.9 Å². The van der Waals surface area contributed by atoms with Crippen LogP contribution in [0, 0.1) is 0 Å². The van der Waals surface area contributed by atoms with E-state index >= 15 is 0 Å². The Kier molecular flexibility index (Phi) is 2.85. The number of rotatable bonds is 4. The molecule has 0 spiro atoms. The number of carbonyl (C=O) groups is 1. The molecule has 1 fully saturated rings. The molecule has 3 heterocycles. The second kappa shape index (κ2) is 4.87. The molecule has 0 radical (unpaired) electrons. The number of nitrogens with zero attached hydrogens (tertiary/aromatic N) is 3. The summed E-state index contributed by atoms with van der Waals surface area (Å²) in [6.07, 6.45) is 9.03. The van der Waals surface area contributed by atoms with E-state index in [4.69, 9.17) is 0 Å². The van der Waals surface area contributed by atoms with Crippen LogP contribution in [0.3, 0.4) is 0 Å². The highest BCUT2D eigenvalue weighted by Crippen LogP contribution is 2.42. The van der Waals surface area contributed by atoms with Crippen LogP contribution in [0.2, 0.25) is 0 Å². The number of anilines is 1. The predicted octanol–water partition coefficient (Wildman–Crippen LogP) is 1.66. The summed E-state index contributed by atoms with van der Waals surface area (Å²) in [5, 5.41) is 14.7. The molecule has 7 heteroatoms. The minimum atomic E-state index is -0.948. The first-order chi connectivity index (χ1) is 10.7. The van der Waals surface area contributed by atoms with Crippen molar-refractivity contribution in [3.05, 3.63) is 47.3 Å². The molecular weight excluding hydrogens is 282 g/mol. The first-order valence-electron chi connectivity index (χ1n) is 7.19. The summed E-state index contributed by atoms with van der Waals surface area (Å²) >= 11 is 0. The zero-order chi connectivity index (χ0) is 15.1. The number of nitrogens with one attached hydrogen (secondary N) is 2. The zero-order valence-corrected chi connectivity index (χ0v) is 11.8. The molecule has 3 aliphatic rings. The molecule has 22 heavy (non-hydrogen) atoms. The van der Waals surface area contributed by atoms with Crippen LogP contribution >= 0.6 is 0 Å². The lowest BCUT2D eigenvalue weighted by atomic mass is 10.1. The van der Waals surface area contributed by atoms with E-state index in [9.17, 15) is 9.90 Å². The van der Waals surface area contributed by atoms with Gasteiger partial charge in [0.2, 0.25) is 0 Å². The monoisotopic (exact) mass is 297 g/mol. The Hall–Kier alpha value is -2.83. The van der Waals surface area contributed by atoms with Crippen molar-refractivity contribution in [3.8, 4) is 0 Å². The smallest absolute Gasteiger partial charge is 0.339 e. The highest BCUT2D eigenvalue weighted by molar-refractivity contribution is 5.96. The van der Waals surface area contributed by atoms with Crippen LogP contribution in [0.25, 0.3) is 0 Å². The van der Waals surface area contributed by atoms with Crippen molar-refractivity contribution in [1.29, 1.82) is 0 Å². The molecule has 4 rings (SSSR count). The van der Waals surface area contributed by atoms with Gasteiger partial charge in [-0.1, -0.05) is 0 Å². The number of fused-ring (bicyclic) bond motifs is 1. The van der Waals surface area contributed by atoms with Gasteiger partial charge in [-0.05, 0) is 18.9 Å². The van der Waals surface area contributed by atoms with Crippen LogP contribution in [0.1, 0.15) is 34.8 Å². The number of carboxylic acids is 1. The van der Waals surface area contributed by atoms with Crippen molar-refractivity contribution in [1.82, 2.24) is 15.4 Å². The molecule has 0 saturated heterocycles. The number of aromatic carboxylic acids is 1. The van der Waals surface area contributed by atoms with Crippen LogP contribution in [0.4, 0.5) is 5.69 Å². The average molecular weight is 297 g/mol. The van der Waals surface area contributed by atoms with E-state index in [1.165, 1.54) is 0 Å². The maximum atomic E-state index is 11.7. The Balaban J connectivity index is 1.69. The number of aliphatic imine (C=N–C) groups is 1. The average Bonchev–Trinajstić information content (AvgIpc) is 3.30. The number of carboxylic acid groups (broad SMARTS) is 1. The van der Waals surface area contributed by atoms with Gasteiger partial charge >= 0.3 is 5.97 Å². The lowest BCUT2D eigenvalue weighted by Crippen LogP contribution is -2.32. The number of hydrogen-bond acceptors (Lipinski definition) is 6. The Morgan fingerprint density at radius 1 is 1.45 bits per heavy atom. The van der Waals surface area contributed by atoms with E-state index in [1.807, 2.05) is 11.2 Å². The number of hydrogen-bond donors (Lipinski definition) is 3. The van der Waals surface area contributed by atoms with Gasteiger partial charge < -0.3 is 15.8 Å². The molecule has 2 aliphatic heterocycles. The van der Waals surface area contributed by atoms with Gasteiger partial charge in [0.25, 0.3) is 0 Å². The Bertz CT molecular complexity index is 733. The standard InChI is InChI=1S/C15H15N5O2/c21-15(22)13-10(3-4-17-14(13)9-1-2-9)19-11-7-18-20-6-5-16-8-12(11)20/h3-5,7-9,18H,1-2,6H2,(H,17,19)(H,21,22). The van der Waals surface area contributed by atoms with Gasteiger partial charge in [-0.25, -0.2) is 4.79 Å². The maximum absolute atomic E-state index is 11.7. The van der Waals surface area contributed by atoms with Gasteiger partial charge in [-0.15, -0.1) is 0 Å². The number of hydrazine groups is 1. The van der Waals surface area contributed by atoms with Crippen LogP contribution in [-0.4, -0.2) is 33.8 Å². The Labute approximate surface area is 127 Å². The minimum Gasteiger partial charge on any atom is -0.478 e. The summed E-state index contributed by atoms with van der Waals surface area (Å²) in [6, 6.07) is 1.70. The van der Waals surface area contributed by atoms with Crippen molar-refractivity contribution < 1.29 is 9.90 Å². The third kappa shape index (κ3) is 2.11. The summed E-state index contributed by atoms with van der Waals surface area (Å²) in [5.41, 5.74) is 6.31. The molecule has 0 amide bonds. The van der Waals surface area contributed by atoms with Crippen LogP contribution in [0.15, 0.2) is 41.0 Å². The Morgan fingerprint density at radius 3 is 3.09 bits per heavy atom. The largest absolute Gasteiger partial charge is 0.478 e. The highest BCUT2D eigenvalue weighted by Gasteiger charge is 2.32. The molecular formula is C15H15N5O2. The third-order valence-electron chi connectivity index (χ3n) is 3.93. The van der Waals surface area contributed by atoms with Crippen LogP contribution < -0.4 is 10.7 Å². The van der Waals surface area contributed by atoms with E-state index in [0.717, 1.165) is 24.2 Å². The first kappa shape index (κ1) is 12.9. The van der Waals surface area contributed by atoms with Crippen molar-refractivity contribution in [2.24, 2.45) is 4.99 Å². The summed E-state index contributed by atoms with van der Waals surface area (Å²) in [7, 11) is 0. The molecule has 3 N–H and O–H groups in total. The molecule has 0 atom stereocenters. The zero-order valence-electron chi connectivity index (χ0n) is 11.8. The lowest BCUT2D eigenvalue weighted by Gasteiger charge is -2.22. The fourth-order valence-corrected chi connectivity index (χ4v) is 2.69. The predicted molar refractivity (Wildman–Crippen MR) is 81.3 cm³/mol. The molecule has 0 unspecified atom stereocenters. The first-order valence-corrected chi connectivity index (χ1v) is 7.19. The van der Waals surface area contributed by atoms with Gasteiger partial charge in [0, 0.05) is 24.5 Å². The molecule has 112 valence electrons. The number of aromatic nitrogens is 1. The lowest BCUT2D eigenvalue weighted by molar-refractivity contribution is 0.0696. The summed E-state index contributed by atoms with van der Waals surface area (Å²) in [4.78, 5) is 20.1. The summed E-state index contributed by atoms with van der Waals surface area (Å²) in [6.45, 7) is 0.670. The van der Waals surface area contributed by atoms with Gasteiger partial charge in [-0.2, -0.15) is 0 Å². The van der Waals surface area contributed by atoms with Gasteiger partial charge in [-0.3, -0.25) is 15.0 Å². The topological polar surface area (TPSA) is 89.8 Å². The van der Waals surface area contributed by atoms with E-state index < -0.39 is 5.97 Å². The molecule has 1 aromatic rings. The van der Waals surface area contributed by atoms with Gasteiger partial charge in [0.05, 0.1) is 29.8 Å². The highest BCUT2D eigenvalue weighted by atomic mass is 16.4. The third-order valence-corrected chi connectivity index (χ3v) is 3.93. The van der Waals surface area contributed by atoms with Crippen molar-refractivity contribution >= 4 is 17.9 Å². The van der Waals surface area contributed by atoms with Gasteiger partial charge in [0.1, 0.15) is 11.3 Å². The van der Waals surface area contributed by atoms with Crippen molar-refractivity contribution in [2.45, 2.75) is 18.8 Å². The molecule has 0 bridgehead atoms. The normalized spacial score (nSPS) is 19.2. The SMILES string of the molecule is O=C(O)c1c(NC2=CNN3CC=NC=C23)ccnc1C1CC1. The van der Waals surface area contributed by atoms with Crippen LogP contribution in [0.5, 0.6) is 0 Å². The molecule has 1 aromatic heterocycles. The molecule has 1 aliphatic carbocycles. The fraction of sp³-hybridized carbons (Fsp3) is 0.267. The summed E-state index contributed by atoms with van der Waals surface area (Å²) < 4.78 is 0. The van der Waals surface area contributed by atoms with Crippen molar-refractivity contribution in [3.63, 3.8) is 0 Å². The summed E-state index contributed by atoms with van der Waals surface area (Å²) in [5.74, 6) is -0.671. The Morgan fingerprint density at radius 2 is 2.32 bits per heavy atom. The maximum Gasteiger partial charge on any atom is 0.339 e. The van der Waals surface area contributed by atoms with E-state index in [2.05, 4.69) is 20.7 Å². The van der Waals surface area contributed by atoms with E-state index in [0.29, 0.717) is 17.9 Å². The van der Waals surface area contributed by atoms with Gasteiger partial charge in [0.15, 0.2) is 0 Å². The molecule has 1 saturated carbocycles.